The fraction of sp³-hybridized carbons (Fsp3) is 0.688. The van der Waals surface area contributed by atoms with E-state index in [-0.39, 0.29) is 0 Å². The molecule has 1 rings (SSSR count). The van der Waals surface area contributed by atoms with Crippen LogP contribution in [0.3, 0.4) is 0 Å². The molecule has 21 heavy (non-hydrogen) atoms. The molecule has 0 aliphatic rings. The molecule has 0 fully saturated rings. The van der Waals surface area contributed by atoms with E-state index in [0.717, 1.165) is 44.2 Å². The van der Waals surface area contributed by atoms with Gasteiger partial charge >= 0.3 is 0 Å². The molecule has 120 valence electrons. The highest BCUT2D eigenvalue weighted by Crippen LogP contribution is 1.99. The van der Waals surface area contributed by atoms with Crippen molar-refractivity contribution in [3.8, 4) is 0 Å². The second kappa shape index (κ2) is 10.3. The summed E-state index contributed by atoms with van der Waals surface area (Å²) in [6, 6.07) is 4.52. The van der Waals surface area contributed by atoms with Gasteiger partial charge in [0.25, 0.3) is 0 Å². The third-order valence-corrected chi connectivity index (χ3v) is 3.58. The quantitative estimate of drug-likeness (QED) is 0.416. The van der Waals surface area contributed by atoms with E-state index in [1.807, 2.05) is 12.1 Å². The predicted molar refractivity (Wildman–Crippen MR) is 88.8 cm³/mol. The topological polar surface area (TPSA) is 52.8 Å². The first kappa shape index (κ1) is 17.6. The Balaban J connectivity index is 2.06. The highest BCUT2D eigenvalue weighted by molar-refractivity contribution is 5.79. The predicted octanol–water partition coefficient (Wildman–Crippen LogP) is 2.11. The van der Waals surface area contributed by atoms with Crippen molar-refractivity contribution in [2.75, 3.05) is 33.7 Å². The molecule has 2 N–H and O–H groups in total. The van der Waals surface area contributed by atoms with Crippen LogP contribution in [-0.4, -0.2) is 50.6 Å². The summed E-state index contributed by atoms with van der Waals surface area (Å²) < 4.78 is 5.30. The smallest absolute Gasteiger partial charge is 0.190 e. The van der Waals surface area contributed by atoms with Gasteiger partial charge in [0.15, 0.2) is 5.96 Å². The van der Waals surface area contributed by atoms with Gasteiger partial charge < -0.3 is 20.0 Å². The summed E-state index contributed by atoms with van der Waals surface area (Å²) in [5.74, 6) is 1.86. The first-order valence-corrected chi connectivity index (χ1v) is 7.80. The van der Waals surface area contributed by atoms with Crippen molar-refractivity contribution in [1.29, 1.82) is 0 Å². The zero-order valence-electron chi connectivity index (χ0n) is 13.9. The van der Waals surface area contributed by atoms with E-state index in [4.69, 9.17) is 4.42 Å². The average Bonchev–Trinajstić information content (AvgIpc) is 2.97. The molecule has 0 aliphatic heterocycles. The van der Waals surface area contributed by atoms with E-state index in [1.165, 1.54) is 6.42 Å². The van der Waals surface area contributed by atoms with E-state index in [1.54, 1.807) is 13.3 Å². The Kier molecular flexibility index (Phi) is 8.59. The van der Waals surface area contributed by atoms with Gasteiger partial charge in [-0.2, -0.15) is 0 Å². The van der Waals surface area contributed by atoms with Gasteiger partial charge in [0.1, 0.15) is 5.76 Å². The van der Waals surface area contributed by atoms with Crippen LogP contribution < -0.4 is 10.6 Å². The minimum absolute atomic E-state index is 0.619. The minimum Gasteiger partial charge on any atom is -0.469 e. The lowest BCUT2D eigenvalue weighted by Gasteiger charge is -2.20. The standard InChI is InChI=1S/C16H30N4O/c1-14(2)20(4)12-6-5-10-18-16(17-3)19-11-9-15-8-7-13-21-15/h7-8,13-14H,5-6,9-12H2,1-4H3,(H2,17,18,19). The fourth-order valence-corrected chi connectivity index (χ4v) is 1.93. The fourth-order valence-electron chi connectivity index (χ4n) is 1.93. The number of guanidine groups is 1. The Morgan fingerprint density at radius 3 is 2.67 bits per heavy atom. The summed E-state index contributed by atoms with van der Waals surface area (Å²) in [7, 11) is 3.97. The molecule has 1 heterocycles. The second-order valence-electron chi connectivity index (χ2n) is 5.54. The number of hydrogen-bond donors (Lipinski definition) is 2. The lowest BCUT2D eigenvalue weighted by atomic mass is 10.2. The lowest BCUT2D eigenvalue weighted by Crippen LogP contribution is -2.39. The Morgan fingerprint density at radius 2 is 2.05 bits per heavy atom. The molecular weight excluding hydrogens is 264 g/mol. The molecule has 1 aromatic rings. The number of hydrogen-bond acceptors (Lipinski definition) is 3. The molecule has 5 heteroatoms. The Labute approximate surface area is 128 Å². The van der Waals surface area contributed by atoms with Gasteiger partial charge in [-0.25, -0.2) is 0 Å². The second-order valence-corrected chi connectivity index (χ2v) is 5.54. The number of aliphatic imine (C=N–C) groups is 1. The number of rotatable bonds is 9. The summed E-state index contributed by atoms with van der Waals surface area (Å²) in [6.07, 6.45) is 4.92. The summed E-state index contributed by atoms with van der Waals surface area (Å²) in [5.41, 5.74) is 0. The van der Waals surface area contributed by atoms with Crippen LogP contribution in [0.2, 0.25) is 0 Å². The van der Waals surface area contributed by atoms with Crippen molar-refractivity contribution in [2.24, 2.45) is 4.99 Å². The third-order valence-electron chi connectivity index (χ3n) is 3.58. The normalized spacial score (nSPS) is 12.2. The molecule has 0 atom stereocenters. The van der Waals surface area contributed by atoms with Crippen molar-refractivity contribution in [3.05, 3.63) is 24.2 Å². The van der Waals surface area contributed by atoms with Crippen LogP contribution in [0.5, 0.6) is 0 Å². The van der Waals surface area contributed by atoms with Gasteiger partial charge in [0.05, 0.1) is 6.26 Å². The van der Waals surface area contributed by atoms with Crippen molar-refractivity contribution < 1.29 is 4.42 Å². The summed E-state index contributed by atoms with van der Waals surface area (Å²) in [6.45, 7) is 7.37. The third kappa shape index (κ3) is 7.75. The Bertz CT molecular complexity index is 387. The zero-order valence-corrected chi connectivity index (χ0v) is 13.9. The molecule has 0 saturated carbocycles. The molecule has 0 unspecified atom stereocenters. The van der Waals surface area contributed by atoms with E-state index in [0.29, 0.717) is 6.04 Å². The summed E-state index contributed by atoms with van der Waals surface area (Å²) in [4.78, 5) is 6.59. The molecule has 0 spiro atoms. The molecule has 0 amide bonds. The Hall–Kier alpha value is -1.49. The molecular formula is C16H30N4O. The van der Waals surface area contributed by atoms with Crippen molar-refractivity contribution >= 4 is 5.96 Å². The number of nitrogens with zero attached hydrogens (tertiary/aromatic N) is 2. The Morgan fingerprint density at radius 1 is 1.29 bits per heavy atom. The number of unbranched alkanes of at least 4 members (excludes halogenated alkanes) is 1. The van der Waals surface area contributed by atoms with Gasteiger partial charge in [0.2, 0.25) is 0 Å². The van der Waals surface area contributed by atoms with Crippen LogP contribution in [0.25, 0.3) is 0 Å². The summed E-state index contributed by atoms with van der Waals surface area (Å²) in [5, 5.41) is 6.64. The zero-order chi connectivity index (χ0) is 15.5. The maximum Gasteiger partial charge on any atom is 0.190 e. The van der Waals surface area contributed by atoms with Crippen LogP contribution in [0.15, 0.2) is 27.8 Å². The van der Waals surface area contributed by atoms with Crippen LogP contribution in [-0.2, 0) is 6.42 Å². The van der Waals surface area contributed by atoms with E-state index >= 15 is 0 Å². The van der Waals surface area contributed by atoms with Gasteiger partial charge in [-0.15, -0.1) is 0 Å². The van der Waals surface area contributed by atoms with E-state index < -0.39 is 0 Å². The monoisotopic (exact) mass is 294 g/mol. The highest BCUT2D eigenvalue weighted by atomic mass is 16.3. The van der Waals surface area contributed by atoms with Crippen molar-refractivity contribution in [1.82, 2.24) is 15.5 Å². The molecule has 0 bridgehead atoms. The SMILES string of the molecule is CN=C(NCCCCN(C)C(C)C)NCCc1ccco1. The van der Waals surface area contributed by atoms with E-state index in [2.05, 4.69) is 41.4 Å². The molecule has 1 aromatic heterocycles. The lowest BCUT2D eigenvalue weighted by molar-refractivity contribution is 0.268. The van der Waals surface area contributed by atoms with E-state index in [9.17, 15) is 0 Å². The highest BCUT2D eigenvalue weighted by Gasteiger charge is 2.02. The van der Waals surface area contributed by atoms with Crippen molar-refractivity contribution in [3.63, 3.8) is 0 Å². The van der Waals surface area contributed by atoms with Crippen LogP contribution in [0, 0.1) is 0 Å². The largest absolute Gasteiger partial charge is 0.469 e. The molecule has 0 aliphatic carbocycles. The van der Waals surface area contributed by atoms with Gasteiger partial charge in [-0.1, -0.05) is 0 Å². The van der Waals surface area contributed by atoms with Crippen LogP contribution in [0.4, 0.5) is 0 Å². The van der Waals surface area contributed by atoms with Gasteiger partial charge in [0, 0.05) is 32.6 Å². The van der Waals surface area contributed by atoms with Crippen LogP contribution in [0.1, 0.15) is 32.4 Å². The van der Waals surface area contributed by atoms with Crippen molar-refractivity contribution in [2.45, 2.75) is 39.2 Å². The minimum atomic E-state index is 0.619. The summed E-state index contributed by atoms with van der Waals surface area (Å²) >= 11 is 0. The molecule has 0 radical (unpaired) electrons. The number of furan rings is 1. The first-order valence-electron chi connectivity index (χ1n) is 7.80. The van der Waals surface area contributed by atoms with Gasteiger partial charge in [-0.3, -0.25) is 4.99 Å². The molecule has 0 aromatic carbocycles. The first-order chi connectivity index (χ1) is 10.1. The maximum atomic E-state index is 5.30. The van der Waals surface area contributed by atoms with Crippen LogP contribution >= 0.6 is 0 Å². The average molecular weight is 294 g/mol. The molecule has 0 saturated heterocycles. The van der Waals surface area contributed by atoms with Gasteiger partial charge in [-0.05, 0) is 52.4 Å². The maximum absolute atomic E-state index is 5.30. The molecule has 5 nitrogen and oxygen atoms in total. The number of nitrogens with one attached hydrogen (secondary N) is 2.